The second-order valence-corrected chi connectivity index (χ2v) is 7.52. The van der Waals surface area contributed by atoms with Crippen LogP contribution in [0.3, 0.4) is 0 Å². The Morgan fingerprint density at radius 3 is 2.41 bits per heavy atom. The van der Waals surface area contributed by atoms with E-state index in [4.69, 9.17) is 4.74 Å². The van der Waals surface area contributed by atoms with Gasteiger partial charge in [-0.05, 0) is 38.8 Å². The lowest BCUT2D eigenvalue weighted by atomic mass is 10.0. The molecule has 7 nitrogen and oxygen atoms in total. The van der Waals surface area contributed by atoms with Gasteiger partial charge in [0.05, 0.1) is 19.6 Å². The maximum absolute atomic E-state index is 12.5. The zero-order chi connectivity index (χ0) is 20.2. The Kier molecular flexibility index (Phi) is 6.38. The third-order valence-corrected chi connectivity index (χ3v) is 3.98. The van der Waals surface area contributed by atoms with Crippen molar-refractivity contribution in [3.05, 3.63) is 47.2 Å². The topological polar surface area (TPSA) is 95.9 Å². The van der Waals surface area contributed by atoms with Crippen molar-refractivity contribution < 1.29 is 24.2 Å². The Balaban J connectivity index is 2.01. The molecule has 1 fully saturated rings. The number of amides is 2. The number of likely N-dealkylation sites (tertiary alicyclic amines) is 1. The number of ether oxygens (including phenoxy) is 1. The second kappa shape index (κ2) is 8.35. The Hall–Kier alpha value is -2.67. The van der Waals surface area contributed by atoms with Crippen LogP contribution in [0.15, 0.2) is 41.6 Å². The molecular weight excluding hydrogens is 348 g/mol. The predicted molar refractivity (Wildman–Crippen MR) is 99.4 cm³/mol. The lowest BCUT2D eigenvalue weighted by molar-refractivity contribution is -0.157. The van der Waals surface area contributed by atoms with Gasteiger partial charge in [0, 0.05) is 0 Å². The van der Waals surface area contributed by atoms with E-state index in [-0.39, 0.29) is 31.2 Å². The first-order valence-electron chi connectivity index (χ1n) is 8.81. The summed E-state index contributed by atoms with van der Waals surface area (Å²) < 4.78 is 5.33. The van der Waals surface area contributed by atoms with Gasteiger partial charge in [0.2, 0.25) is 5.91 Å². The van der Waals surface area contributed by atoms with Crippen molar-refractivity contribution in [2.24, 2.45) is 0 Å². The van der Waals surface area contributed by atoms with Gasteiger partial charge in [0.1, 0.15) is 17.3 Å². The molecule has 2 rings (SSSR count). The number of carbonyl (C=O) groups excluding carboxylic acids is 3. The minimum atomic E-state index is -0.727. The smallest absolute Gasteiger partial charge is 0.355 e. The van der Waals surface area contributed by atoms with Crippen LogP contribution in [0, 0.1) is 0 Å². The van der Waals surface area contributed by atoms with E-state index in [2.05, 4.69) is 5.32 Å². The molecule has 1 saturated heterocycles. The number of esters is 1. The van der Waals surface area contributed by atoms with Crippen LogP contribution in [-0.4, -0.2) is 52.6 Å². The minimum absolute atomic E-state index is 0.0333. The van der Waals surface area contributed by atoms with Crippen molar-refractivity contribution >= 4 is 17.8 Å². The molecule has 1 heterocycles. The van der Waals surface area contributed by atoms with Crippen LogP contribution in [0.1, 0.15) is 33.3 Å². The summed E-state index contributed by atoms with van der Waals surface area (Å²) in [7, 11) is 0. The van der Waals surface area contributed by atoms with Gasteiger partial charge in [-0.15, -0.1) is 0 Å². The largest absolute Gasteiger partial charge is 0.455 e. The molecule has 2 N–H and O–H groups in total. The molecule has 0 spiro atoms. The Bertz CT molecular complexity index is 749. The number of benzene rings is 1. The molecule has 2 amide bonds. The number of rotatable bonds is 6. The molecular formula is C20H26N2O5. The number of aliphatic hydroxyl groups excluding tert-OH is 1. The first-order chi connectivity index (χ1) is 12.6. The molecule has 1 unspecified atom stereocenters. The summed E-state index contributed by atoms with van der Waals surface area (Å²) >= 11 is 0. The summed E-state index contributed by atoms with van der Waals surface area (Å²) in [5.41, 5.74) is 0.497. The van der Waals surface area contributed by atoms with Crippen LogP contribution in [0.4, 0.5) is 0 Å². The van der Waals surface area contributed by atoms with Crippen molar-refractivity contribution in [2.45, 2.75) is 45.8 Å². The van der Waals surface area contributed by atoms with Crippen molar-refractivity contribution in [1.82, 2.24) is 10.2 Å². The van der Waals surface area contributed by atoms with E-state index in [9.17, 15) is 19.5 Å². The highest BCUT2D eigenvalue weighted by Crippen LogP contribution is 2.23. The molecule has 1 aliphatic rings. The van der Waals surface area contributed by atoms with Crippen LogP contribution < -0.4 is 5.32 Å². The van der Waals surface area contributed by atoms with Gasteiger partial charge in [-0.1, -0.05) is 30.3 Å². The van der Waals surface area contributed by atoms with Crippen molar-refractivity contribution in [1.29, 1.82) is 0 Å². The third kappa shape index (κ3) is 5.40. The van der Waals surface area contributed by atoms with Gasteiger partial charge in [-0.3, -0.25) is 9.59 Å². The highest BCUT2D eigenvalue weighted by Gasteiger charge is 2.43. The average Bonchev–Trinajstić information content (AvgIpc) is 2.59. The molecule has 27 heavy (non-hydrogen) atoms. The number of β-lactam (4-membered cyclic amide) rings is 1. The average molecular weight is 374 g/mol. The van der Waals surface area contributed by atoms with E-state index in [1.165, 1.54) is 4.90 Å². The molecule has 0 bridgehead atoms. The van der Waals surface area contributed by atoms with E-state index in [0.717, 1.165) is 5.56 Å². The van der Waals surface area contributed by atoms with E-state index >= 15 is 0 Å². The summed E-state index contributed by atoms with van der Waals surface area (Å²) in [6, 6.07) is 8.53. The summed E-state index contributed by atoms with van der Waals surface area (Å²) in [6.07, 6.45) is 0.176. The Morgan fingerprint density at radius 1 is 1.26 bits per heavy atom. The first-order valence-corrected chi connectivity index (χ1v) is 8.81. The maximum atomic E-state index is 12.5. The van der Waals surface area contributed by atoms with Gasteiger partial charge in [0.15, 0.2) is 0 Å². The molecule has 146 valence electrons. The fourth-order valence-electron chi connectivity index (χ4n) is 2.68. The van der Waals surface area contributed by atoms with Crippen molar-refractivity contribution in [3.8, 4) is 0 Å². The summed E-state index contributed by atoms with van der Waals surface area (Å²) in [4.78, 5) is 38.3. The first kappa shape index (κ1) is 20.6. The van der Waals surface area contributed by atoms with E-state index in [1.807, 2.05) is 30.3 Å². The summed E-state index contributed by atoms with van der Waals surface area (Å²) in [5.74, 6) is -1.33. The van der Waals surface area contributed by atoms with Crippen molar-refractivity contribution in [2.75, 3.05) is 13.2 Å². The number of aliphatic hydroxyl groups is 1. The SMILES string of the molecule is C/C(CO)=C(\C(=O)OC(C)(C)C)N1CC(NC(=O)Cc2ccccc2)C1=O. The highest BCUT2D eigenvalue weighted by molar-refractivity contribution is 6.01. The van der Waals surface area contributed by atoms with E-state index < -0.39 is 23.5 Å². The number of hydrogen-bond acceptors (Lipinski definition) is 5. The normalized spacial score (nSPS) is 17.7. The van der Waals surface area contributed by atoms with Crippen molar-refractivity contribution in [3.63, 3.8) is 0 Å². The van der Waals surface area contributed by atoms with Gasteiger partial charge >= 0.3 is 5.97 Å². The van der Waals surface area contributed by atoms with E-state index in [1.54, 1.807) is 27.7 Å². The maximum Gasteiger partial charge on any atom is 0.355 e. The molecule has 1 aromatic rings. The number of hydrogen-bond donors (Lipinski definition) is 2. The van der Waals surface area contributed by atoms with Gasteiger partial charge in [-0.2, -0.15) is 0 Å². The zero-order valence-corrected chi connectivity index (χ0v) is 16.1. The van der Waals surface area contributed by atoms with Crippen LogP contribution in [0.25, 0.3) is 0 Å². The molecule has 1 atom stereocenters. The Morgan fingerprint density at radius 2 is 1.89 bits per heavy atom. The monoisotopic (exact) mass is 374 g/mol. The summed E-state index contributed by atoms with van der Waals surface area (Å²) in [5, 5.41) is 12.1. The standard InChI is InChI=1S/C20H26N2O5/c1-13(12-23)17(19(26)27-20(2,3)4)22-11-15(18(22)25)21-16(24)10-14-8-6-5-7-9-14/h5-9,15,23H,10-12H2,1-4H3,(H,21,24)/b17-13-. The predicted octanol–water partition coefficient (Wildman–Crippen LogP) is 1.16. The van der Waals surface area contributed by atoms with Gasteiger partial charge < -0.3 is 20.1 Å². The fraction of sp³-hybridized carbons (Fsp3) is 0.450. The van der Waals surface area contributed by atoms with Crippen LogP contribution in [0.5, 0.6) is 0 Å². The van der Waals surface area contributed by atoms with Crippen LogP contribution in [-0.2, 0) is 25.5 Å². The Labute approximate surface area is 159 Å². The molecule has 7 heteroatoms. The number of nitrogens with one attached hydrogen (secondary N) is 1. The molecule has 0 saturated carbocycles. The number of nitrogens with zero attached hydrogens (tertiary/aromatic N) is 1. The van der Waals surface area contributed by atoms with Gasteiger partial charge in [-0.25, -0.2) is 4.79 Å². The molecule has 0 aliphatic carbocycles. The lowest BCUT2D eigenvalue weighted by Crippen LogP contribution is -2.64. The summed E-state index contributed by atoms with van der Waals surface area (Å²) in [6.45, 7) is 6.52. The third-order valence-electron chi connectivity index (χ3n) is 3.98. The zero-order valence-electron chi connectivity index (χ0n) is 16.1. The minimum Gasteiger partial charge on any atom is -0.455 e. The van der Waals surface area contributed by atoms with Gasteiger partial charge in [0.25, 0.3) is 5.91 Å². The van der Waals surface area contributed by atoms with E-state index in [0.29, 0.717) is 5.57 Å². The molecule has 0 aromatic heterocycles. The molecule has 1 aromatic carbocycles. The molecule has 0 radical (unpaired) electrons. The number of carbonyl (C=O) groups is 3. The van der Waals surface area contributed by atoms with Crippen LogP contribution in [0.2, 0.25) is 0 Å². The molecule has 1 aliphatic heterocycles. The highest BCUT2D eigenvalue weighted by atomic mass is 16.6. The quantitative estimate of drug-likeness (QED) is 0.443. The second-order valence-electron chi connectivity index (χ2n) is 7.52. The fourth-order valence-corrected chi connectivity index (χ4v) is 2.68. The van der Waals surface area contributed by atoms with Crippen LogP contribution >= 0.6 is 0 Å². The lowest BCUT2D eigenvalue weighted by Gasteiger charge is -2.40.